The number of para-hydroxylation sites is 1. The molecule has 0 atom stereocenters. The number of thiophene rings is 1. The van der Waals surface area contributed by atoms with Gasteiger partial charge in [0, 0.05) is 5.54 Å². The molecular weight excluding hydrogens is 354 g/mol. The van der Waals surface area contributed by atoms with Crippen molar-refractivity contribution in [3.63, 3.8) is 0 Å². The van der Waals surface area contributed by atoms with Crippen LogP contribution < -0.4 is 10.9 Å². The number of carbonyl (C=O) groups excluding carboxylic acids is 1. The number of hydrogen-bond acceptors (Lipinski definition) is 5. The Balaban J connectivity index is 1.99. The smallest absolute Gasteiger partial charge is 0.267 e. The van der Waals surface area contributed by atoms with Crippen LogP contribution in [0.3, 0.4) is 0 Å². The fourth-order valence-electron chi connectivity index (χ4n) is 2.38. The summed E-state index contributed by atoms with van der Waals surface area (Å²) in [4.78, 5) is 30.3. The zero-order chi connectivity index (χ0) is 18.0. The van der Waals surface area contributed by atoms with Crippen LogP contribution in [0.25, 0.3) is 15.9 Å². The molecule has 0 unspecified atom stereocenters. The zero-order valence-electron chi connectivity index (χ0n) is 14.3. The molecule has 3 aromatic rings. The molecular formula is C18H19N3O2S2. The van der Waals surface area contributed by atoms with Gasteiger partial charge >= 0.3 is 0 Å². The second-order valence-corrected chi connectivity index (χ2v) is 8.43. The van der Waals surface area contributed by atoms with Crippen LogP contribution in [-0.2, 0) is 4.79 Å². The number of hydrogen-bond donors (Lipinski definition) is 1. The van der Waals surface area contributed by atoms with Crippen LogP contribution in [-0.4, -0.2) is 26.8 Å². The minimum absolute atomic E-state index is 0.0855. The Morgan fingerprint density at radius 1 is 1.24 bits per heavy atom. The van der Waals surface area contributed by atoms with Crippen molar-refractivity contribution in [2.45, 2.75) is 31.5 Å². The van der Waals surface area contributed by atoms with Crippen LogP contribution in [0, 0.1) is 0 Å². The Morgan fingerprint density at radius 3 is 2.64 bits per heavy atom. The lowest BCUT2D eigenvalue weighted by Crippen LogP contribution is -2.41. The predicted molar refractivity (Wildman–Crippen MR) is 104 cm³/mol. The number of nitrogens with one attached hydrogen (secondary N) is 1. The van der Waals surface area contributed by atoms with Gasteiger partial charge in [-0.25, -0.2) is 4.98 Å². The van der Waals surface area contributed by atoms with Crippen molar-refractivity contribution in [1.29, 1.82) is 0 Å². The van der Waals surface area contributed by atoms with Crippen LogP contribution in [0.1, 0.15) is 20.8 Å². The van der Waals surface area contributed by atoms with Crippen molar-refractivity contribution in [2.24, 2.45) is 0 Å². The summed E-state index contributed by atoms with van der Waals surface area (Å²) in [5.41, 5.74) is 0.338. The average Bonchev–Trinajstić information content (AvgIpc) is 3.01. The van der Waals surface area contributed by atoms with Crippen LogP contribution >= 0.6 is 23.1 Å². The third kappa shape index (κ3) is 4.11. The van der Waals surface area contributed by atoms with E-state index >= 15 is 0 Å². The molecule has 0 aliphatic rings. The van der Waals surface area contributed by atoms with Gasteiger partial charge in [0.05, 0.1) is 16.8 Å². The van der Waals surface area contributed by atoms with E-state index in [-0.39, 0.29) is 22.8 Å². The van der Waals surface area contributed by atoms with E-state index in [2.05, 4.69) is 10.3 Å². The molecule has 0 bridgehead atoms. The summed E-state index contributed by atoms with van der Waals surface area (Å²) in [6.45, 7) is 5.81. The van der Waals surface area contributed by atoms with Crippen LogP contribution in [0.4, 0.5) is 0 Å². The summed E-state index contributed by atoms with van der Waals surface area (Å²) in [6.07, 6.45) is 0. The Bertz CT molecular complexity index is 956. The van der Waals surface area contributed by atoms with Gasteiger partial charge in [-0.3, -0.25) is 14.2 Å². The molecule has 0 radical (unpaired) electrons. The molecule has 0 aliphatic heterocycles. The van der Waals surface area contributed by atoms with Crippen molar-refractivity contribution in [3.8, 4) is 5.69 Å². The number of aromatic nitrogens is 2. The van der Waals surface area contributed by atoms with Crippen LogP contribution in [0.5, 0.6) is 0 Å². The Labute approximate surface area is 154 Å². The first-order valence-electron chi connectivity index (χ1n) is 7.85. The van der Waals surface area contributed by atoms with Crippen LogP contribution in [0.15, 0.2) is 51.7 Å². The normalized spacial score (nSPS) is 11.6. The van der Waals surface area contributed by atoms with Gasteiger partial charge in [0.15, 0.2) is 5.16 Å². The summed E-state index contributed by atoms with van der Waals surface area (Å²) in [7, 11) is 0. The maximum atomic E-state index is 12.9. The fourth-order valence-corrected chi connectivity index (χ4v) is 4.00. The molecule has 2 aromatic heterocycles. The Morgan fingerprint density at radius 2 is 1.96 bits per heavy atom. The van der Waals surface area contributed by atoms with E-state index in [4.69, 9.17) is 0 Å². The van der Waals surface area contributed by atoms with Crippen molar-refractivity contribution in [2.75, 3.05) is 5.75 Å². The van der Waals surface area contributed by atoms with E-state index in [1.54, 1.807) is 10.6 Å². The topological polar surface area (TPSA) is 64.0 Å². The third-order valence-electron chi connectivity index (χ3n) is 3.33. The van der Waals surface area contributed by atoms with Gasteiger partial charge in [0.2, 0.25) is 5.91 Å². The monoisotopic (exact) mass is 373 g/mol. The summed E-state index contributed by atoms with van der Waals surface area (Å²) in [5.74, 6) is 0.116. The van der Waals surface area contributed by atoms with Crippen molar-refractivity contribution >= 4 is 39.2 Å². The van der Waals surface area contributed by atoms with Gasteiger partial charge < -0.3 is 5.32 Å². The van der Waals surface area contributed by atoms with Gasteiger partial charge in [0.25, 0.3) is 5.56 Å². The Kier molecular flexibility index (Phi) is 4.96. The molecule has 1 N–H and O–H groups in total. The van der Waals surface area contributed by atoms with Gasteiger partial charge in [-0.1, -0.05) is 30.0 Å². The molecule has 0 aliphatic carbocycles. The molecule has 1 aromatic carbocycles. The third-order valence-corrected chi connectivity index (χ3v) is 5.07. The number of carbonyl (C=O) groups is 1. The molecule has 7 heteroatoms. The SMILES string of the molecule is CC(C)(C)NC(=O)CSc1nc2sccc2c(=O)n1-c1ccccc1. The van der Waals surface area contributed by atoms with Gasteiger partial charge in [-0.15, -0.1) is 11.3 Å². The highest BCUT2D eigenvalue weighted by Crippen LogP contribution is 2.23. The molecule has 5 nitrogen and oxygen atoms in total. The summed E-state index contributed by atoms with van der Waals surface area (Å²) >= 11 is 2.70. The average molecular weight is 374 g/mol. The fraction of sp³-hybridized carbons (Fsp3) is 0.278. The van der Waals surface area contributed by atoms with Crippen molar-refractivity contribution in [3.05, 3.63) is 52.1 Å². The van der Waals surface area contributed by atoms with Gasteiger partial charge in [-0.05, 0) is 44.4 Å². The maximum absolute atomic E-state index is 12.9. The lowest BCUT2D eigenvalue weighted by atomic mass is 10.1. The first kappa shape index (κ1) is 17.7. The number of rotatable bonds is 4. The maximum Gasteiger partial charge on any atom is 0.267 e. The predicted octanol–water partition coefficient (Wildman–Crippen LogP) is 3.45. The second-order valence-electron chi connectivity index (χ2n) is 6.60. The minimum atomic E-state index is -0.290. The highest BCUT2D eigenvalue weighted by atomic mass is 32.2. The van der Waals surface area contributed by atoms with E-state index in [0.717, 1.165) is 5.69 Å². The summed E-state index contributed by atoms with van der Waals surface area (Å²) in [6, 6.07) is 11.2. The molecule has 0 saturated heterocycles. The van der Waals surface area contributed by atoms with E-state index in [0.29, 0.717) is 15.4 Å². The summed E-state index contributed by atoms with van der Waals surface area (Å²) < 4.78 is 1.57. The molecule has 25 heavy (non-hydrogen) atoms. The number of benzene rings is 1. The molecule has 0 spiro atoms. The van der Waals surface area contributed by atoms with E-state index in [1.807, 2.05) is 56.5 Å². The zero-order valence-corrected chi connectivity index (χ0v) is 15.9. The number of thioether (sulfide) groups is 1. The lowest BCUT2D eigenvalue weighted by molar-refractivity contribution is -0.119. The highest BCUT2D eigenvalue weighted by Gasteiger charge is 2.17. The van der Waals surface area contributed by atoms with Crippen molar-refractivity contribution in [1.82, 2.24) is 14.9 Å². The quantitative estimate of drug-likeness (QED) is 0.562. The Hall–Kier alpha value is -2.12. The number of amides is 1. The first-order valence-corrected chi connectivity index (χ1v) is 9.71. The second kappa shape index (κ2) is 7.01. The lowest BCUT2D eigenvalue weighted by Gasteiger charge is -2.20. The molecule has 130 valence electrons. The minimum Gasteiger partial charge on any atom is -0.351 e. The summed E-state index contributed by atoms with van der Waals surface area (Å²) in [5, 5.41) is 5.90. The van der Waals surface area contributed by atoms with Crippen molar-refractivity contribution < 1.29 is 4.79 Å². The molecule has 1 amide bonds. The number of fused-ring (bicyclic) bond motifs is 1. The molecule has 0 saturated carbocycles. The van der Waals surface area contributed by atoms with Crippen LogP contribution in [0.2, 0.25) is 0 Å². The first-order chi connectivity index (χ1) is 11.8. The van der Waals surface area contributed by atoms with E-state index in [1.165, 1.54) is 23.1 Å². The highest BCUT2D eigenvalue weighted by molar-refractivity contribution is 7.99. The van der Waals surface area contributed by atoms with Gasteiger partial charge in [0.1, 0.15) is 4.83 Å². The number of nitrogens with zero attached hydrogens (tertiary/aromatic N) is 2. The van der Waals surface area contributed by atoms with Gasteiger partial charge in [-0.2, -0.15) is 0 Å². The molecule has 2 heterocycles. The van der Waals surface area contributed by atoms with E-state index < -0.39 is 0 Å². The molecule has 0 fully saturated rings. The standard InChI is InChI=1S/C18H19N3O2S2/c1-18(2,3)20-14(22)11-25-17-19-15-13(9-10-24-15)16(23)21(17)12-7-5-4-6-8-12/h4-10H,11H2,1-3H3,(H,20,22). The largest absolute Gasteiger partial charge is 0.351 e. The molecule has 3 rings (SSSR count). The van der Waals surface area contributed by atoms with E-state index in [9.17, 15) is 9.59 Å².